The first-order valence-corrected chi connectivity index (χ1v) is 11.0. The van der Waals surface area contributed by atoms with Crippen molar-refractivity contribution in [3.05, 3.63) is 119 Å². The number of methoxy groups -OCH3 is 1. The van der Waals surface area contributed by atoms with Crippen molar-refractivity contribution < 1.29 is 23.0 Å². The summed E-state index contributed by atoms with van der Waals surface area (Å²) in [6.07, 6.45) is -0.701. The standard InChI is InChI=1S/C28H22F2N2O3/c1-34-25-15-14-18(16-19(25)17-35-26-13-7-4-10-22(26)30)27-31-23-11-5-2-8-20(23)28(33)32(27)24-12-6-3-9-21(24)29/h2-16,27,31H,17H2,1H3/t27-/m0/s1. The third-order valence-electron chi connectivity index (χ3n) is 5.88. The van der Waals surface area contributed by atoms with Gasteiger partial charge in [0.15, 0.2) is 11.6 Å². The first-order chi connectivity index (χ1) is 17.1. The Morgan fingerprint density at radius 2 is 1.57 bits per heavy atom. The maximum absolute atomic E-state index is 14.9. The lowest BCUT2D eigenvalue weighted by Crippen LogP contribution is -2.43. The maximum atomic E-state index is 14.9. The van der Waals surface area contributed by atoms with Crippen molar-refractivity contribution in [1.29, 1.82) is 0 Å². The Kier molecular flexibility index (Phi) is 6.06. The summed E-state index contributed by atoms with van der Waals surface area (Å²) in [5.41, 5.74) is 2.59. The Bertz CT molecular complexity index is 1390. The highest BCUT2D eigenvalue weighted by Crippen LogP contribution is 2.38. The number of hydrogen-bond donors (Lipinski definition) is 1. The number of halogens is 2. The number of para-hydroxylation sites is 3. The van der Waals surface area contributed by atoms with Crippen LogP contribution in [0.1, 0.15) is 27.7 Å². The van der Waals surface area contributed by atoms with E-state index >= 15 is 0 Å². The fraction of sp³-hybridized carbons (Fsp3) is 0.107. The molecule has 1 N–H and O–H groups in total. The minimum atomic E-state index is -0.701. The monoisotopic (exact) mass is 472 g/mol. The lowest BCUT2D eigenvalue weighted by atomic mass is 10.0. The highest BCUT2D eigenvalue weighted by molar-refractivity contribution is 6.12. The number of rotatable bonds is 6. The Morgan fingerprint density at radius 3 is 2.34 bits per heavy atom. The van der Waals surface area contributed by atoms with Crippen molar-refractivity contribution in [1.82, 2.24) is 0 Å². The van der Waals surface area contributed by atoms with Crippen LogP contribution < -0.4 is 19.7 Å². The first kappa shape index (κ1) is 22.4. The third-order valence-corrected chi connectivity index (χ3v) is 5.88. The molecule has 0 aliphatic carbocycles. The van der Waals surface area contributed by atoms with Crippen molar-refractivity contribution >= 4 is 17.3 Å². The molecule has 0 fully saturated rings. The average molecular weight is 472 g/mol. The maximum Gasteiger partial charge on any atom is 0.262 e. The van der Waals surface area contributed by atoms with Crippen LogP contribution in [-0.2, 0) is 6.61 Å². The van der Waals surface area contributed by atoms with Gasteiger partial charge in [-0.15, -0.1) is 0 Å². The van der Waals surface area contributed by atoms with E-state index < -0.39 is 17.8 Å². The molecule has 4 aromatic carbocycles. The van der Waals surface area contributed by atoms with Crippen LogP contribution in [0.2, 0.25) is 0 Å². The van der Waals surface area contributed by atoms with Gasteiger partial charge in [0.2, 0.25) is 0 Å². The number of nitrogens with zero attached hydrogens (tertiary/aromatic N) is 1. The Morgan fingerprint density at radius 1 is 0.857 bits per heavy atom. The third kappa shape index (κ3) is 4.28. The molecular formula is C28H22F2N2O3. The molecule has 5 nitrogen and oxygen atoms in total. The van der Waals surface area contributed by atoms with E-state index in [2.05, 4.69) is 5.32 Å². The van der Waals surface area contributed by atoms with Crippen LogP contribution in [-0.4, -0.2) is 13.0 Å². The second-order valence-electron chi connectivity index (χ2n) is 8.01. The van der Waals surface area contributed by atoms with Gasteiger partial charge in [-0.25, -0.2) is 8.78 Å². The van der Waals surface area contributed by atoms with E-state index in [0.717, 1.165) is 0 Å². The highest BCUT2D eigenvalue weighted by Gasteiger charge is 2.35. The van der Waals surface area contributed by atoms with Crippen LogP contribution in [0, 0.1) is 11.6 Å². The number of amides is 1. The summed E-state index contributed by atoms with van der Waals surface area (Å²) >= 11 is 0. The average Bonchev–Trinajstić information content (AvgIpc) is 2.89. The molecule has 0 saturated heterocycles. The molecule has 176 valence electrons. The molecule has 0 saturated carbocycles. The van der Waals surface area contributed by atoms with E-state index in [1.54, 1.807) is 60.7 Å². The van der Waals surface area contributed by atoms with Gasteiger partial charge >= 0.3 is 0 Å². The summed E-state index contributed by atoms with van der Waals surface area (Å²) in [6.45, 7) is 0.0366. The summed E-state index contributed by atoms with van der Waals surface area (Å²) in [7, 11) is 1.53. The van der Waals surface area contributed by atoms with Crippen LogP contribution in [0.25, 0.3) is 0 Å². The number of benzene rings is 4. The molecule has 0 bridgehead atoms. The number of nitrogens with one attached hydrogen (secondary N) is 1. The molecular weight excluding hydrogens is 450 g/mol. The lowest BCUT2D eigenvalue weighted by Gasteiger charge is -2.38. The van der Waals surface area contributed by atoms with Crippen LogP contribution >= 0.6 is 0 Å². The topological polar surface area (TPSA) is 50.8 Å². The fourth-order valence-electron chi connectivity index (χ4n) is 4.18. The normalized spacial score (nSPS) is 14.8. The van der Waals surface area contributed by atoms with Crippen LogP contribution in [0.5, 0.6) is 11.5 Å². The zero-order chi connectivity index (χ0) is 24.4. The van der Waals surface area contributed by atoms with E-state index in [1.165, 1.54) is 24.1 Å². The second-order valence-corrected chi connectivity index (χ2v) is 8.01. The summed E-state index contributed by atoms with van der Waals surface area (Å²) in [5, 5.41) is 3.36. The van der Waals surface area contributed by atoms with Crippen molar-refractivity contribution in [3.8, 4) is 11.5 Å². The van der Waals surface area contributed by atoms with Gasteiger partial charge in [-0.3, -0.25) is 9.69 Å². The molecule has 0 radical (unpaired) electrons. The van der Waals surface area contributed by atoms with E-state index in [0.29, 0.717) is 28.1 Å². The largest absolute Gasteiger partial charge is 0.496 e. The smallest absolute Gasteiger partial charge is 0.262 e. The van der Waals surface area contributed by atoms with E-state index in [1.807, 2.05) is 18.2 Å². The molecule has 1 heterocycles. The molecule has 1 aliphatic rings. The van der Waals surface area contributed by atoms with Crippen molar-refractivity contribution in [2.45, 2.75) is 12.8 Å². The summed E-state index contributed by atoms with van der Waals surface area (Å²) in [4.78, 5) is 14.9. The number of carbonyl (C=O) groups is 1. The zero-order valence-electron chi connectivity index (χ0n) is 18.9. The van der Waals surface area contributed by atoms with Gasteiger partial charge in [0.25, 0.3) is 5.91 Å². The first-order valence-electron chi connectivity index (χ1n) is 11.0. The SMILES string of the molecule is COc1ccc([C@H]2Nc3ccccc3C(=O)N2c2ccccc2F)cc1COc1ccccc1F. The van der Waals surface area contributed by atoms with Gasteiger partial charge < -0.3 is 14.8 Å². The molecule has 1 amide bonds. The van der Waals surface area contributed by atoms with E-state index in [-0.39, 0.29) is 24.0 Å². The molecule has 0 aromatic heterocycles. The molecule has 0 spiro atoms. The Balaban J connectivity index is 1.56. The quantitative estimate of drug-likeness (QED) is 0.357. The summed E-state index contributed by atoms with van der Waals surface area (Å²) < 4.78 is 40.1. The van der Waals surface area contributed by atoms with E-state index in [9.17, 15) is 13.6 Å². The highest BCUT2D eigenvalue weighted by atomic mass is 19.1. The van der Waals surface area contributed by atoms with Gasteiger partial charge in [-0.1, -0.05) is 42.5 Å². The van der Waals surface area contributed by atoms with Gasteiger partial charge in [-0.05, 0) is 54.1 Å². The molecule has 7 heteroatoms. The Hall–Kier alpha value is -4.39. The van der Waals surface area contributed by atoms with Crippen molar-refractivity contribution in [2.24, 2.45) is 0 Å². The molecule has 1 aliphatic heterocycles. The van der Waals surface area contributed by atoms with Crippen molar-refractivity contribution in [3.63, 3.8) is 0 Å². The molecule has 0 unspecified atom stereocenters. The van der Waals surface area contributed by atoms with Gasteiger partial charge in [-0.2, -0.15) is 0 Å². The number of anilines is 2. The number of carbonyl (C=O) groups excluding carboxylic acids is 1. The Labute approximate surface area is 201 Å². The van der Waals surface area contributed by atoms with Crippen LogP contribution in [0.4, 0.5) is 20.2 Å². The van der Waals surface area contributed by atoms with Gasteiger partial charge in [0.05, 0.1) is 18.4 Å². The minimum absolute atomic E-state index is 0.0366. The van der Waals surface area contributed by atoms with Gasteiger partial charge in [0, 0.05) is 11.3 Å². The number of ether oxygens (including phenoxy) is 2. The van der Waals surface area contributed by atoms with Crippen molar-refractivity contribution in [2.75, 3.05) is 17.3 Å². The molecule has 1 atom stereocenters. The molecule has 5 rings (SSSR count). The summed E-state index contributed by atoms with van der Waals surface area (Å²) in [6, 6.07) is 24.8. The predicted octanol–water partition coefficient (Wildman–Crippen LogP) is 6.32. The zero-order valence-corrected chi connectivity index (χ0v) is 18.9. The second kappa shape index (κ2) is 9.46. The van der Waals surface area contributed by atoms with E-state index in [4.69, 9.17) is 9.47 Å². The van der Waals surface area contributed by atoms with Crippen LogP contribution in [0.15, 0.2) is 91.0 Å². The fourth-order valence-corrected chi connectivity index (χ4v) is 4.18. The van der Waals surface area contributed by atoms with Gasteiger partial charge in [0.1, 0.15) is 24.3 Å². The minimum Gasteiger partial charge on any atom is -0.496 e. The van der Waals surface area contributed by atoms with Crippen LogP contribution in [0.3, 0.4) is 0 Å². The number of hydrogen-bond acceptors (Lipinski definition) is 4. The molecule has 35 heavy (non-hydrogen) atoms. The predicted molar refractivity (Wildman–Crippen MR) is 130 cm³/mol. The molecule has 4 aromatic rings. The summed E-state index contributed by atoms with van der Waals surface area (Å²) in [5.74, 6) is -0.638. The number of fused-ring (bicyclic) bond motifs is 1. The lowest BCUT2D eigenvalue weighted by molar-refractivity contribution is 0.0974.